The average molecular weight is 814 g/mol. The summed E-state index contributed by atoms with van der Waals surface area (Å²) in [7, 11) is -1.05. The molecule has 5 aromatic rings. The number of halogens is 4. The molecule has 58 heavy (non-hydrogen) atoms. The zero-order chi connectivity index (χ0) is 41.3. The number of hydrogen-bond acceptors (Lipinski definition) is 8. The number of benzene rings is 5. The second-order valence-corrected chi connectivity index (χ2v) is 15.5. The Morgan fingerprint density at radius 1 is 0.759 bits per heavy atom. The monoisotopic (exact) mass is 813 g/mol. The van der Waals surface area contributed by atoms with Crippen molar-refractivity contribution >= 4 is 38.9 Å². The second-order valence-electron chi connectivity index (χ2n) is 13.6. The Labute approximate surface area is 331 Å². The largest absolute Gasteiger partial charge is 0.493 e. The first kappa shape index (κ1) is 39.9. The van der Waals surface area contributed by atoms with Gasteiger partial charge in [-0.05, 0) is 77.2 Å². The summed E-state index contributed by atoms with van der Waals surface area (Å²) in [5.41, 5.74) is 1.18. The van der Waals surface area contributed by atoms with Gasteiger partial charge in [-0.2, -0.15) is 0 Å². The first-order valence-corrected chi connectivity index (χ1v) is 19.6. The third kappa shape index (κ3) is 7.95. The molecule has 15 heteroatoms. The molecule has 0 saturated heterocycles. The molecular weight excluding hydrogens is 779 g/mol. The number of methoxy groups -OCH3 is 2. The number of imide groups is 1. The average Bonchev–Trinajstić information content (AvgIpc) is 3.44. The van der Waals surface area contributed by atoms with Crippen LogP contribution in [0.15, 0.2) is 103 Å². The topological polar surface area (TPSA) is 122 Å². The molecule has 0 fully saturated rings. The summed E-state index contributed by atoms with van der Waals surface area (Å²) in [5.74, 6) is -6.47. The third-order valence-electron chi connectivity index (χ3n) is 10.1. The van der Waals surface area contributed by atoms with E-state index in [0.717, 1.165) is 41.0 Å². The van der Waals surface area contributed by atoms with Crippen molar-refractivity contribution in [3.05, 3.63) is 165 Å². The Morgan fingerprint density at radius 2 is 1.33 bits per heavy atom. The molecule has 2 aliphatic heterocycles. The number of ether oxygens (including phenoxy) is 2. The van der Waals surface area contributed by atoms with Gasteiger partial charge in [0.25, 0.3) is 17.7 Å². The summed E-state index contributed by atoms with van der Waals surface area (Å²) in [6.07, 6.45) is 0.622. The molecule has 2 aliphatic rings. The van der Waals surface area contributed by atoms with E-state index in [1.807, 2.05) is 47.4 Å². The number of hydrogen-bond donors (Lipinski definition) is 1. The van der Waals surface area contributed by atoms with Gasteiger partial charge in [-0.15, -0.1) is 0 Å². The molecule has 2 heterocycles. The molecule has 298 valence electrons. The van der Waals surface area contributed by atoms with E-state index in [4.69, 9.17) is 9.47 Å². The van der Waals surface area contributed by atoms with Gasteiger partial charge in [-0.3, -0.25) is 24.2 Å². The fourth-order valence-electron chi connectivity index (χ4n) is 7.30. The highest BCUT2D eigenvalue weighted by Crippen LogP contribution is 2.41. The van der Waals surface area contributed by atoms with E-state index in [9.17, 15) is 40.4 Å². The summed E-state index contributed by atoms with van der Waals surface area (Å²) in [6.45, 7) is 0.205. The van der Waals surface area contributed by atoms with Crippen molar-refractivity contribution in [2.45, 2.75) is 19.0 Å². The first-order chi connectivity index (χ1) is 27.8. The van der Waals surface area contributed by atoms with Crippen LogP contribution < -0.4 is 14.2 Å². The highest BCUT2D eigenvalue weighted by atomic mass is 32.2. The second kappa shape index (κ2) is 16.3. The van der Waals surface area contributed by atoms with Crippen molar-refractivity contribution in [1.82, 2.24) is 14.5 Å². The normalized spacial score (nSPS) is 15.8. The fourth-order valence-corrected chi connectivity index (χ4v) is 8.28. The Kier molecular flexibility index (Phi) is 11.2. The van der Waals surface area contributed by atoms with Crippen LogP contribution in [0.1, 0.15) is 49.8 Å². The van der Waals surface area contributed by atoms with Gasteiger partial charge >= 0.3 is 0 Å². The van der Waals surface area contributed by atoms with Crippen LogP contribution in [-0.2, 0) is 32.6 Å². The lowest BCUT2D eigenvalue weighted by Crippen LogP contribution is -2.42. The van der Waals surface area contributed by atoms with Gasteiger partial charge in [-0.1, -0.05) is 42.5 Å². The number of carbonyl (C=O) groups excluding carboxylic acids is 3. The lowest BCUT2D eigenvalue weighted by Gasteiger charge is -2.38. The highest BCUT2D eigenvalue weighted by Gasteiger charge is 2.41. The van der Waals surface area contributed by atoms with Crippen LogP contribution in [0.4, 0.5) is 17.6 Å². The fraction of sp³-hybridized carbons (Fsp3) is 0.186. The Bertz CT molecular complexity index is 2510. The van der Waals surface area contributed by atoms with Gasteiger partial charge in [0, 0.05) is 41.9 Å². The van der Waals surface area contributed by atoms with Crippen LogP contribution in [0.3, 0.4) is 0 Å². The van der Waals surface area contributed by atoms with Gasteiger partial charge in [0.05, 0.1) is 43.7 Å². The summed E-state index contributed by atoms with van der Waals surface area (Å²) in [5, 5.41) is 0. The molecule has 0 radical (unpaired) electrons. The minimum absolute atomic E-state index is 0.0391. The molecule has 0 aliphatic carbocycles. The Hall–Kier alpha value is -6.32. The Balaban J connectivity index is 1.05. The zero-order valence-electron chi connectivity index (χ0n) is 31.1. The molecule has 10 nitrogen and oxygen atoms in total. The summed E-state index contributed by atoms with van der Waals surface area (Å²) < 4.78 is 97.3. The molecule has 3 amide bonds. The predicted molar refractivity (Wildman–Crippen MR) is 206 cm³/mol. The van der Waals surface area contributed by atoms with E-state index in [2.05, 4.69) is 4.72 Å². The highest BCUT2D eigenvalue weighted by molar-refractivity contribution is 7.90. The zero-order valence-corrected chi connectivity index (χ0v) is 31.9. The van der Waals surface area contributed by atoms with E-state index in [0.29, 0.717) is 47.1 Å². The standard InChI is InChI=1S/C43H35F4N3O7S/c1-56-36-20-28-16-17-49(40(26-6-4-3-5-7-26)33(28)23-37(36)57-2)18-19-58(54,55)48-41(51)27-10-8-25(9-11-27)24-50-42(52)38(31-14-12-29(44)21-34(31)46)39(43(50)53)32-15-13-30(45)22-35(32)47/h3-15,20-23,40H,16-19,24H2,1-2H3,(H,48,51). The maximum Gasteiger partial charge on any atom is 0.264 e. The summed E-state index contributed by atoms with van der Waals surface area (Å²) in [6, 6.07) is 23.2. The summed E-state index contributed by atoms with van der Waals surface area (Å²) >= 11 is 0. The minimum Gasteiger partial charge on any atom is -0.493 e. The maximum atomic E-state index is 15.0. The molecule has 0 aromatic heterocycles. The molecule has 1 N–H and O–H groups in total. The van der Waals surface area contributed by atoms with Crippen LogP contribution >= 0.6 is 0 Å². The molecule has 0 spiro atoms. The lowest BCUT2D eigenvalue weighted by molar-refractivity contribution is -0.136. The first-order valence-electron chi connectivity index (χ1n) is 18.0. The molecule has 1 atom stereocenters. The van der Waals surface area contributed by atoms with Crippen molar-refractivity contribution in [1.29, 1.82) is 0 Å². The molecule has 1 unspecified atom stereocenters. The lowest BCUT2D eigenvalue weighted by atomic mass is 9.87. The van der Waals surface area contributed by atoms with Gasteiger partial charge in [0.2, 0.25) is 10.0 Å². The maximum absolute atomic E-state index is 15.0. The predicted octanol–water partition coefficient (Wildman–Crippen LogP) is 6.45. The molecule has 7 rings (SSSR count). The van der Waals surface area contributed by atoms with Crippen LogP contribution in [0.2, 0.25) is 0 Å². The van der Waals surface area contributed by atoms with Gasteiger partial charge in [0.1, 0.15) is 23.3 Å². The van der Waals surface area contributed by atoms with Crippen molar-refractivity contribution in [2.75, 3.05) is 33.1 Å². The number of nitrogens with one attached hydrogen (secondary N) is 1. The molecule has 0 saturated carbocycles. The van der Waals surface area contributed by atoms with Crippen molar-refractivity contribution in [3.8, 4) is 11.5 Å². The van der Waals surface area contributed by atoms with Crippen LogP contribution in [-0.4, -0.2) is 69.0 Å². The van der Waals surface area contributed by atoms with Crippen LogP contribution in [0.25, 0.3) is 11.1 Å². The van der Waals surface area contributed by atoms with E-state index >= 15 is 0 Å². The smallest absolute Gasteiger partial charge is 0.264 e. The number of sulfonamides is 1. The van der Waals surface area contributed by atoms with Crippen molar-refractivity contribution < 1.29 is 49.8 Å². The SMILES string of the molecule is COc1cc2c(cc1OC)C(c1ccccc1)N(CCS(=O)(=O)NC(=O)c1ccc(CN3C(=O)C(c4ccc(F)cc4F)=C(c4ccc(F)cc4F)C3=O)cc1)CC2. The van der Waals surface area contributed by atoms with E-state index in [-0.39, 0.29) is 18.2 Å². The van der Waals surface area contributed by atoms with Gasteiger partial charge in [0.15, 0.2) is 11.5 Å². The Morgan fingerprint density at radius 3 is 1.88 bits per heavy atom. The van der Waals surface area contributed by atoms with E-state index in [1.54, 1.807) is 14.2 Å². The van der Waals surface area contributed by atoms with Crippen molar-refractivity contribution in [2.24, 2.45) is 0 Å². The van der Waals surface area contributed by atoms with E-state index in [1.165, 1.54) is 24.3 Å². The summed E-state index contributed by atoms with van der Waals surface area (Å²) in [4.78, 5) is 43.3. The van der Waals surface area contributed by atoms with Crippen LogP contribution in [0, 0.1) is 23.3 Å². The number of rotatable bonds is 12. The molecule has 5 aromatic carbocycles. The van der Waals surface area contributed by atoms with E-state index < -0.39 is 85.6 Å². The van der Waals surface area contributed by atoms with Crippen molar-refractivity contribution in [3.63, 3.8) is 0 Å². The number of nitrogens with zero attached hydrogens (tertiary/aromatic N) is 2. The number of carbonyl (C=O) groups is 3. The number of amides is 3. The molecule has 0 bridgehead atoms. The molecular formula is C43H35F4N3O7S. The third-order valence-corrected chi connectivity index (χ3v) is 11.3. The quantitative estimate of drug-likeness (QED) is 0.113. The van der Waals surface area contributed by atoms with Gasteiger partial charge in [-0.25, -0.2) is 30.7 Å². The minimum atomic E-state index is -4.15. The van der Waals surface area contributed by atoms with Crippen LogP contribution in [0.5, 0.6) is 11.5 Å². The van der Waals surface area contributed by atoms with Gasteiger partial charge < -0.3 is 9.47 Å². The number of fused-ring (bicyclic) bond motifs is 1.